The summed E-state index contributed by atoms with van der Waals surface area (Å²) in [4.78, 5) is 0. The lowest BCUT2D eigenvalue weighted by Crippen LogP contribution is -2.02. The van der Waals surface area contributed by atoms with E-state index < -0.39 is 5.82 Å². The number of anilines is 1. The Morgan fingerprint density at radius 3 is 2.67 bits per heavy atom. The van der Waals surface area contributed by atoms with Gasteiger partial charge in [-0.3, -0.25) is 0 Å². The molecule has 0 unspecified atom stereocenters. The van der Waals surface area contributed by atoms with Gasteiger partial charge in [0.05, 0.1) is 11.3 Å². The Kier molecular flexibility index (Phi) is 3.44. The average Bonchev–Trinajstić information content (AvgIpc) is 2.39. The van der Waals surface area contributed by atoms with Crippen molar-refractivity contribution in [1.82, 2.24) is 0 Å². The second-order valence-electron chi connectivity index (χ2n) is 3.72. The van der Waals surface area contributed by atoms with Gasteiger partial charge in [-0.1, -0.05) is 24.3 Å². The van der Waals surface area contributed by atoms with Gasteiger partial charge in [0, 0.05) is 5.56 Å². The van der Waals surface area contributed by atoms with E-state index in [1.165, 1.54) is 6.07 Å². The molecule has 2 rings (SSSR count). The minimum Gasteiger partial charge on any atom is -0.487 e. The van der Waals surface area contributed by atoms with Crippen molar-refractivity contribution in [2.45, 2.75) is 6.61 Å². The molecular weight excluding hydrogens is 231 g/mol. The monoisotopic (exact) mass is 242 g/mol. The van der Waals surface area contributed by atoms with Crippen molar-refractivity contribution in [2.24, 2.45) is 0 Å². The molecule has 0 spiro atoms. The van der Waals surface area contributed by atoms with Gasteiger partial charge in [0.1, 0.15) is 24.2 Å². The molecule has 2 aromatic carbocycles. The lowest BCUT2D eigenvalue weighted by molar-refractivity contribution is 0.301. The predicted molar refractivity (Wildman–Crippen MR) is 66.3 cm³/mol. The van der Waals surface area contributed by atoms with Crippen LogP contribution in [-0.2, 0) is 6.61 Å². The fourth-order valence-corrected chi connectivity index (χ4v) is 1.55. The molecule has 0 aromatic heterocycles. The summed E-state index contributed by atoms with van der Waals surface area (Å²) in [7, 11) is 0. The van der Waals surface area contributed by atoms with Crippen LogP contribution in [-0.4, -0.2) is 0 Å². The largest absolute Gasteiger partial charge is 0.487 e. The molecule has 4 heteroatoms. The molecule has 0 saturated heterocycles. The normalized spacial score (nSPS) is 9.78. The zero-order chi connectivity index (χ0) is 13.0. The molecule has 0 aliphatic rings. The van der Waals surface area contributed by atoms with Crippen LogP contribution in [0.3, 0.4) is 0 Å². The van der Waals surface area contributed by atoms with Gasteiger partial charge >= 0.3 is 0 Å². The Hall–Kier alpha value is -2.54. The lowest BCUT2D eigenvalue weighted by Gasteiger charge is -2.09. The number of halogens is 1. The maximum atomic E-state index is 13.7. The minimum atomic E-state index is -0.547. The quantitative estimate of drug-likeness (QED) is 0.842. The number of nitrogens with zero attached hydrogens (tertiary/aromatic N) is 1. The number of para-hydroxylation sites is 2. The highest BCUT2D eigenvalue weighted by Gasteiger charge is 2.08. The van der Waals surface area contributed by atoms with Gasteiger partial charge in [-0.2, -0.15) is 5.26 Å². The molecule has 2 aromatic rings. The second-order valence-corrected chi connectivity index (χ2v) is 3.72. The van der Waals surface area contributed by atoms with Crippen molar-refractivity contribution >= 4 is 5.69 Å². The number of rotatable bonds is 3. The first-order valence-electron chi connectivity index (χ1n) is 5.37. The maximum Gasteiger partial charge on any atom is 0.147 e. The van der Waals surface area contributed by atoms with Gasteiger partial charge in [0.25, 0.3) is 0 Å². The summed E-state index contributed by atoms with van der Waals surface area (Å²) in [5, 5.41) is 8.72. The van der Waals surface area contributed by atoms with E-state index in [1.807, 2.05) is 0 Å². The average molecular weight is 242 g/mol. The van der Waals surface area contributed by atoms with Gasteiger partial charge in [-0.05, 0) is 18.2 Å². The lowest BCUT2D eigenvalue weighted by atomic mass is 10.1. The fraction of sp³-hybridized carbons (Fsp3) is 0.0714. The van der Waals surface area contributed by atoms with E-state index in [0.717, 1.165) is 0 Å². The summed E-state index contributed by atoms with van der Waals surface area (Å²) in [6.45, 7) is 0.0373. The molecule has 0 aliphatic heterocycles. The summed E-state index contributed by atoms with van der Waals surface area (Å²) >= 11 is 0. The van der Waals surface area contributed by atoms with Crippen LogP contribution in [0.2, 0.25) is 0 Å². The Morgan fingerprint density at radius 1 is 1.17 bits per heavy atom. The van der Waals surface area contributed by atoms with E-state index in [4.69, 9.17) is 15.7 Å². The number of hydrogen-bond donors (Lipinski definition) is 1. The van der Waals surface area contributed by atoms with Crippen LogP contribution in [0.5, 0.6) is 5.75 Å². The zero-order valence-corrected chi connectivity index (χ0v) is 9.56. The summed E-state index contributed by atoms with van der Waals surface area (Å²) in [5.41, 5.74) is 6.54. The molecule has 3 nitrogen and oxygen atoms in total. The van der Waals surface area contributed by atoms with E-state index in [2.05, 4.69) is 0 Å². The molecule has 0 radical (unpaired) electrons. The third kappa shape index (κ3) is 2.41. The first-order chi connectivity index (χ1) is 8.72. The topological polar surface area (TPSA) is 59.0 Å². The first kappa shape index (κ1) is 11.9. The second kappa shape index (κ2) is 5.19. The molecule has 0 aliphatic carbocycles. The van der Waals surface area contributed by atoms with Crippen molar-refractivity contribution in [3.05, 3.63) is 59.4 Å². The van der Waals surface area contributed by atoms with Crippen LogP contribution in [0.15, 0.2) is 42.5 Å². The van der Waals surface area contributed by atoms with E-state index >= 15 is 0 Å². The number of hydrogen-bond acceptors (Lipinski definition) is 3. The van der Waals surface area contributed by atoms with Crippen molar-refractivity contribution in [2.75, 3.05) is 5.73 Å². The molecular formula is C14H11FN2O. The highest BCUT2D eigenvalue weighted by molar-refractivity contribution is 5.51. The fourth-order valence-electron chi connectivity index (χ4n) is 1.55. The van der Waals surface area contributed by atoms with Gasteiger partial charge in [0.15, 0.2) is 0 Å². The third-order valence-electron chi connectivity index (χ3n) is 2.50. The van der Waals surface area contributed by atoms with Crippen LogP contribution in [0.1, 0.15) is 11.1 Å². The van der Waals surface area contributed by atoms with Crippen molar-refractivity contribution < 1.29 is 9.13 Å². The van der Waals surface area contributed by atoms with Gasteiger partial charge in [-0.25, -0.2) is 4.39 Å². The van der Waals surface area contributed by atoms with E-state index in [-0.39, 0.29) is 12.2 Å². The van der Waals surface area contributed by atoms with Crippen LogP contribution >= 0.6 is 0 Å². The third-order valence-corrected chi connectivity index (χ3v) is 2.50. The number of nitriles is 1. The molecule has 0 saturated carbocycles. The Labute approximate surface area is 104 Å². The smallest absolute Gasteiger partial charge is 0.147 e. The number of nitrogens with two attached hydrogens (primary N) is 1. The predicted octanol–water partition coefficient (Wildman–Crippen LogP) is 2.86. The van der Waals surface area contributed by atoms with E-state index in [9.17, 15) is 4.39 Å². The Morgan fingerprint density at radius 2 is 1.94 bits per heavy atom. The van der Waals surface area contributed by atoms with Crippen LogP contribution in [0, 0.1) is 17.1 Å². The molecule has 0 heterocycles. The number of ether oxygens (including phenoxy) is 1. The minimum absolute atomic E-state index is 0.0112. The standard InChI is InChI=1S/C14H11FN2O/c15-14-10(8-16)4-3-5-11(14)9-18-13-7-2-1-6-12(13)17/h1-7H,9,17H2. The van der Waals surface area contributed by atoms with Crippen LogP contribution in [0.25, 0.3) is 0 Å². The molecule has 0 bridgehead atoms. The van der Waals surface area contributed by atoms with Crippen molar-refractivity contribution in [3.63, 3.8) is 0 Å². The molecule has 0 amide bonds. The number of nitrogen functional groups attached to an aromatic ring is 1. The molecule has 2 N–H and O–H groups in total. The summed E-state index contributed by atoms with van der Waals surface area (Å²) in [6, 6.07) is 13.4. The molecule has 0 fully saturated rings. The van der Waals surface area contributed by atoms with E-state index in [0.29, 0.717) is 17.0 Å². The zero-order valence-electron chi connectivity index (χ0n) is 9.56. The molecule has 90 valence electrons. The van der Waals surface area contributed by atoms with Crippen molar-refractivity contribution in [1.29, 1.82) is 5.26 Å². The SMILES string of the molecule is N#Cc1cccc(COc2ccccc2N)c1F. The van der Waals surface area contributed by atoms with Gasteiger partial charge in [-0.15, -0.1) is 0 Å². The highest BCUT2D eigenvalue weighted by atomic mass is 19.1. The van der Waals surface area contributed by atoms with Gasteiger partial charge in [0.2, 0.25) is 0 Å². The summed E-state index contributed by atoms with van der Waals surface area (Å²) in [6.07, 6.45) is 0. The van der Waals surface area contributed by atoms with E-state index in [1.54, 1.807) is 42.5 Å². The molecule has 0 atom stereocenters. The van der Waals surface area contributed by atoms with Crippen molar-refractivity contribution in [3.8, 4) is 11.8 Å². The van der Waals surface area contributed by atoms with Crippen LogP contribution in [0.4, 0.5) is 10.1 Å². The Balaban J connectivity index is 2.17. The van der Waals surface area contributed by atoms with Crippen LogP contribution < -0.4 is 10.5 Å². The summed E-state index contributed by atoms with van der Waals surface area (Å²) in [5.74, 6) is -0.0474. The molecule has 18 heavy (non-hydrogen) atoms. The maximum absolute atomic E-state index is 13.7. The highest BCUT2D eigenvalue weighted by Crippen LogP contribution is 2.22. The first-order valence-corrected chi connectivity index (χ1v) is 5.37. The Bertz CT molecular complexity index is 605. The van der Waals surface area contributed by atoms with Gasteiger partial charge < -0.3 is 10.5 Å². The summed E-state index contributed by atoms with van der Waals surface area (Å²) < 4.78 is 19.2. The number of benzene rings is 2.